The molecule has 3 N–H and O–H groups in total. The van der Waals surface area contributed by atoms with E-state index in [2.05, 4.69) is 0 Å². The minimum Gasteiger partial charge on any atom is -0.478 e. The highest BCUT2D eigenvalue weighted by Crippen LogP contribution is 2.29. The first-order valence-electron chi connectivity index (χ1n) is 4.30. The highest BCUT2D eigenvalue weighted by molar-refractivity contribution is 7.98. The van der Waals surface area contributed by atoms with Gasteiger partial charge in [-0.2, -0.15) is 0 Å². The van der Waals surface area contributed by atoms with Crippen LogP contribution in [-0.2, 0) is 6.42 Å². The smallest absolute Gasteiger partial charge is 0.336 e. The molecule has 4 heteroatoms. The van der Waals surface area contributed by atoms with E-state index in [1.807, 2.05) is 13.2 Å². The Morgan fingerprint density at radius 1 is 1.57 bits per heavy atom. The van der Waals surface area contributed by atoms with Crippen molar-refractivity contribution in [1.29, 1.82) is 0 Å². The van der Waals surface area contributed by atoms with Crippen LogP contribution >= 0.6 is 11.8 Å². The van der Waals surface area contributed by atoms with Gasteiger partial charge in [0, 0.05) is 10.6 Å². The Balaban J connectivity index is 3.40. The SMILES string of the molecule is CCc1c(N)ccc(C(=O)O)c1SC. The molecule has 0 amide bonds. The minimum atomic E-state index is -0.899. The minimum absolute atomic E-state index is 0.337. The predicted molar refractivity (Wildman–Crippen MR) is 59.0 cm³/mol. The molecule has 0 atom stereocenters. The van der Waals surface area contributed by atoms with E-state index in [-0.39, 0.29) is 0 Å². The summed E-state index contributed by atoms with van der Waals surface area (Å²) in [6.07, 6.45) is 2.61. The van der Waals surface area contributed by atoms with Crippen LogP contribution in [-0.4, -0.2) is 17.3 Å². The zero-order valence-electron chi connectivity index (χ0n) is 8.20. The van der Waals surface area contributed by atoms with E-state index in [1.165, 1.54) is 11.8 Å². The van der Waals surface area contributed by atoms with Crippen LogP contribution in [0.15, 0.2) is 17.0 Å². The van der Waals surface area contributed by atoms with Gasteiger partial charge in [0.2, 0.25) is 0 Å². The summed E-state index contributed by atoms with van der Waals surface area (Å²) in [5.41, 5.74) is 7.70. The summed E-state index contributed by atoms with van der Waals surface area (Å²) in [6.45, 7) is 1.97. The zero-order chi connectivity index (χ0) is 10.7. The van der Waals surface area contributed by atoms with Crippen molar-refractivity contribution < 1.29 is 9.90 Å². The van der Waals surface area contributed by atoms with Gasteiger partial charge in [0.25, 0.3) is 0 Å². The second kappa shape index (κ2) is 4.37. The molecule has 0 aliphatic rings. The number of nitrogen functional groups attached to an aromatic ring is 1. The lowest BCUT2D eigenvalue weighted by atomic mass is 10.1. The molecule has 0 fully saturated rings. The molecule has 0 heterocycles. The third-order valence-electron chi connectivity index (χ3n) is 2.08. The van der Waals surface area contributed by atoms with Gasteiger partial charge >= 0.3 is 5.97 Å². The number of anilines is 1. The number of rotatable bonds is 3. The summed E-state index contributed by atoms with van der Waals surface area (Å²) in [7, 11) is 0. The van der Waals surface area contributed by atoms with E-state index in [9.17, 15) is 4.79 Å². The molecule has 0 aromatic heterocycles. The van der Waals surface area contributed by atoms with Crippen molar-refractivity contribution in [3.05, 3.63) is 23.3 Å². The molecular weight excluding hydrogens is 198 g/mol. The van der Waals surface area contributed by atoms with E-state index in [4.69, 9.17) is 10.8 Å². The van der Waals surface area contributed by atoms with Crippen molar-refractivity contribution >= 4 is 23.4 Å². The zero-order valence-corrected chi connectivity index (χ0v) is 9.02. The largest absolute Gasteiger partial charge is 0.478 e. The molecule has 0 unspecified atom stereocenters. The summed E-state index contributed by atoms with van der Waals surface area (Å²) < 4.78 is 0. The Morgan fingerprint density at radius 2 is 2.21 bits per heavy atom. The van der Waals surface area contributed by atoms with Gasteiger partial charge < -0.3 is 10.8 Å². The Bertz CT molecular complexity index is 363. The molecule has 1 aromatic carbocycles. The Morgan fingerprint density at radius 3 is 2.64 bits per heavy atom. The maximum Gasteiger partial charge on any atom is 0.336 e. The van der Waals surface area contributed by atoms with Crippen LogP contribution in [0.1, 0.15) is 22.8 Å². The first kappa shape index (κ1) is 10.9. The van der Waals surface area contributed by atoms with Crippen LogP contribution in [0.5, 0.6) is 0 Å². The van der Waals surface area contributed by atoms with Gasteiger partial charge in [-0.05, 0) is 30.4 Å². The van der Waals surface area contributed by atoms with Gasteiger partial charge in [-0.1, -0.05) is 6.92 Å². The van der Waals surface area contributed by atoms with Crippen molar-refractivity contribution in [3.63, 3.8) is 0 Å². The molecule has 0 aliphatic carbocycles. The summed E-state index contributed by atoms with van der Waals surface area (Å²) >= 11 is 1.43. The third kappa shape index (κ3) is 1.85. The van der Waals surface area contributed by atoms with Gasteiger partial charge in [-0.25, -0.2) is 4.79 Å². The number of hydrogen-bond donors (Lipinski definition) is 2. The van der Waals surface area contributed by atoms with E-state index in [1.54, 1.807) is 12.1 Å². The second-order valence-corrected chi connectivity index (χ2v) is 3.69. The molecule has 14 heavy (non-hydrogen) atoms. The number of thioether (sulfide) groups is 1. The van der Waals surface area contributed by atoms with Crippen molar-refractivity contribution in [2.45, 2.75) is 18.2 Å². The molecule has 1 rings (SSSR count). The lowest BCUT2D eigenvalue weighted by Crippen LogP contribution is -2.04. The highest BCUT2D eigenvalue weighted by Gasteiger charge is 2.14. The molecule has 0 radical (unpaired) electrons. The number of nitrogens with two attached hydrogens (primary N) is 1. The lowest BCUT2D eigenvalue weighted by Gasteiger charge is -2.11. The van der Waals surface area contributed by atoms with E-state index in [0.29, 0.717) is 11.3 Å². The van der Waals surface area contributed by atoms with Crippen LogP contribution in [0.25, 0.3) is 0 Å². The van der Waals surface area contributed by atoms with Gasteiger partial charge in [0.05, 0.1) is 5.56 Å². The monoisotopic (exact) mass is 211 g/mol. The summed E-state index contributed by atoms with van der Waals surface area (Å²) in [4.78, 5) is 11.7. The average molecular weight is 211 g/mol. The number of benzene rings is 1. The number of aromatic carboxylic acids is 1. The summed E-state index contributed by atoms with van der Waals surface area (Å²) in [5.74, 6) is -0.899. The molecule has 0 saturated heterocycles. The standard InChI is InChI=1S/C10H13NO2S/c1-3-6-8(11)5-4-7(10(12)13)9(6)14-2/h4-5H,3,11H2,1-2H3,(H,12,13). The predicted octanol–water partition coefficient (Wildman–Crippen LogP) is 2.25. The molecule has 76 valence electrons. The Kier molecular flexibility index (Phi) is 3.41. The van der Waals surface area contributed by atoms with Crippen molar-refractivity contribution in [2.75, 3.05) is 12.0 Å². The number of hydrogen-bond acceptors (Lipinski definition) is 3. The van der Waals surface area contributed by atoms with E-state index >= 15 is 0 Å². The lowest BCUT2D eigenvalue weighted by molar-refractivity contribution is 0.0693. The fraction of sp³-hybridized carbons (Fsp3) is 0.300. The van der Waals surface area contributed by atoms with Crippen LogP contribution < -0.4 is 5.73 Å². The quantitative estimate of drug-likeness (QED) is 0.594. The molecule has 0 spiro atoms. The van der Waals surface area contributed by atoms with Crippen molar-refractivity contribution in [2.24, 2.45) is 0 Å². The van der Waals surface area contributed by atoms with Crippen LogP contribution in [0.4, 0.5) is 5.69 Å². The topological polar surface area (TPSA) is 63.3 Å². The number of carboxylic acids is 1. The molecule has 0 aliphatic heterocycles. The van der Waals surface area contributed by atoms with Gasteiger partial charge in [-0.15, -0.1) is 11.8 Å². The van der Waals surface area contributed by atoms with Crippen LogP contribution in [0.3, 0.4) is 0 Å². The van der Waals surface area contributed by atoms with Gasteiger partial charge in [0.1, 0.15) is 0 Å². The van der Waals surface area contributed by atoms with Gasteiger partial charge in [-0.3, -0.25) is 0 Å². The molecule has 3 nitrogen and oxygen atoms in total. The third-order valence-corrected chi connectivity index (χ3v) is 2.96. The van der Waals surface area contributed by atoms with Gasteiger partial charge in [0.15, 0.2) is 0 Å². The maximum absolute atomic E-state index is 10.9. The highest BCUT2D eigenvalue weighted by atomic mass is 32.2. The first-order valence-corrected chi connectivity index (χ1v) is 5.52. The average Bonchev–Trinajstić information content (AvgIpc) is 2.16. The fourth-order valence-electron chi connectivity index (χ4n) is 1.41. The van der Waals surface area contributed by atoms with E-state index < -0.39 is 5.97 Å². The molecule has 1 aromatic rings. The second-order valence-electron chi connectivity index (χ2n) is 2.87. The van der Waals surface area contributed by atoms with Crippen LogP contribution in [0, 0.1) is 0 Å². The molecule has 0 bridgehead atoms. The number of carbonyl (C=O) groups is 1. The molecular formula is C10H13NO2S. The maximum atomic E-state index is 10.9. The fourth-order valence-corrected chi connectivity index (χ4v) is 2.29. The Hall–Kier alpha value is -1.16. The van der Waals surface area contributed by atoms with Crippen LogP contribution in [0.2, 0.25) is 0 Å². The Labute approximate surface area is 87.3 Å². The first-order chi connectivity index (χ1) is 6.61. The van der Waals surface area contributed by atoms with E-state index in [0.717, 1.165) is 16.9 Å². The normalized spacial score (nSPS) is 10.1. The van der Waals surface area contributed by atoms with Crippen molar-refractivity contribution in [1.82, 2.24) is 0 Å². The summed E-state index contributed by atoms with van der Waals surface area (Å²) in [5, 5.41) is 8.95. The summed E-state index contributed by atoms with van der Waals surface area (Å²) in [6, 6.07) is 3.21. The number of carboxylic acid groups (broad SMARTS) is 1. The molecule has 0 saturated carbocycles. The van der Waals surface area contributed by atoms with Crippen molar-refractivity contribution in [3.8, 4) is 0 Å².